The van der Waals surface area contributed by atoms with Crippen LogP contribution in [0.25, 0.3) is 0 Å². The number of aryl methyl sites for hydroxylation is 1. The van der Waals surface area contributed by atoms with Gasteiger partial charge in [0.25, 0.3) is 0 Å². The lowest BCUT2D eigenvalue weighted by Gasteiger charge is -2.09. The summed E-state index contributed by atoms with van der Waals surface area (Å²) in [5.74, 6) is 1.09. The number of para-hydroxylation sites is 2. The molecule has 0 saturated heterocycles. The average molecular weight is 404 g/mol. The highest BCUT2D eigenvalue weighted by Crippen LogP contribution is 2.22. The van der Waals surface area contributed by atoms with Gasteiger partial charge in [-0.15, -0.1) is 35.3 Å². The lowest BCUT2D eigenvalue weighted by Crippen LogP contribution is -2.22. The number of hydrogen-bond acceptors (Lipinski definition) is 4. The van der Waals surface area contributed by atoms with Crippen molar-refractivity contribution in [1.29, 1.82) is 0 Å². The van der Waals surface area contributed by atoms with Crippen LogP contribution in [0, 0.1) is 6.92 Å². The first kappa shape index (κ1) is 16.7. The van der Waals surface area contributed by atoms with Crippen LogP contribution >= 0.6 is 35.3 Å². The number of nitrogens with one attached hydrogen (secondary N) is 1. The molecule has 0 radical (unpaired) electrons. The summed E-state index contributed by atoms with van der Waals surface area (Å²) in [6, 6.07) is 7.56. The van der Waals surface area contributed by atoms with Crippen molar-refractivity contribution in [2.24, 2.45) is 10.7 Å². The molecule has 0 spiro atoms. The summed E-state index contributed by atoms with van der Waals surface area (Å²) in [6.07, 6.45) is 1.82. The number of ether oxygens (including phenoxy) is 1. The first-order valence-corrected chi connectivity index (χ1v) is 6.62. The van der Waals surface area contributed by atoms with E-state index in [1.54, 1.807) is 18.4 Å². The number of nitrogens with two attached hydrogens (primary N) is 1. The summed E-state index contributed by atoms with van der Waals surface area (Å²) in [7, 11) is 1.62. The van der Waals surface area contributed by atoms with E-state index in [2.05, 4.69) is 15.3 Å². The third kappa shape index (κ3) is 4.64. The maximum Gasteiger partial charge on any atom is 0.193 e. The number of thiazole rings is 1. The highest BCUT2D eigenvalue weighted by atomic mass is 127. The number of benzene rings is 1. The van der Waals surface area contributed by atoms with Crippen molar-refractivity contribution in [3.63, 3.8) is 0 Å². The summed E-state index contributed by atoms with van der Waals surface area (Å²) >= 11 is 1.62. The van der Waals surface area contributed by atoms with E-state index < -0.39 is 0 Å². The van der Waals surface area contributed by atoms with E-state index in [-0.39, 0.29) is 24.0 Å². The smallest absolute Gasteiger partial charge is 0.193 e. The molecule has 0 atom stereocenters. The highest BCUT2D eigenvalue weighted by molar-refractivity contribution is 14.0. The summed E-state index contributed by atoms with van der Waals surface area (Å²) in [4.78, 5) is 9.54. The molecular formula is C13H17IN4OS. The van der Waals surface area contributed by atoms with E-state index in [4.69, 9.17) is 10.5 Å². The lowest BCUT2D eigenvalue weighted by atomic mass is 10.3. The molecule has 0 aliphatic heterocycles. The van der Waals surface area contributed by atoms with Crippen LogP contribution < -0.4 is 15.8 Å². The molecule has 1 aromatic carbocycles. The number of aliphatic imine (C=N–C) groups is 1. The predicted molar refractivity (Wildman–Crippen MR) is 94.2 cm³/mol. The van der Waals surface area contributed by atoms with E-state index in [9.17, 15) is 0 Å². The second-order valence-corrected chi connectivity index (χ2v) is 5.19. The molecular weight excluding hydrogens is 387 g/mol. The standard InChI is InChI=1S/C13H16N4OS.HI/c1-9-15-7-10(19-9)8-16-13(14)17-11-5-3-4-6-12(11)18-2;/h3-7H,8H2,1-2H3,(H3,14,16,17);1H. The van der Waals surface area contributed by atoms with Gasteiger partial charge in [-0.3, -0.25) is 0 Å². The molecule has 2 rings (SSSR count). The van der Waals surface area contributed by atoms with Crippen molar-refractivity contribution < 1.29 is 4.74 Å². The number of anilines is 1. The molecule has 20 heavy (non-hydrogen) atoms. The molecule has 5 nitrogen and oxygen atoms in total. The Bertz CT molecular complexity index is 585. The number of methoxy groups -OCH3 is 1. The Labute approximate surface area is 139 Å². The molecule has 108 valence electrons. The number of hydrogen-bond donors (Lipinski definition) is 2. The summed E-state index contributed by atoms with van der Waals surface area (Å²) in [6.45, 7) is 2.49. The SMILES string of the molecule is COc1ccccc1NC(N)=NCc1cnc(C)s1.I. The van der Waals surface area contributed by atoms with Crippen LogP contribution in [0.5, 0.6) is 5.75 Å². The van der Waals surface area contributed by atoms with Crippen LogP contribution in [0.2, 0.25) is 0 Å². The van der Waals surface area contributed by atoms with Crippen LogP contribution in [0.3, 0.4) is 0 Å². The molecule has 3 N–H and O–H groups in total. The lowest BCUT2D eigenvalue weighted by molar-refractivity contribution is 0.417. The van der Waals surface area contributed by atoms with Crippen molar-refractivity contribution in [3.05, 3.63) is 40.3 Å². The number of nitrogens with zero attached hydrogens (tertiary/aromatic N) is 2. The molecule has 1 heterocycles. The van der Waals surface area contributed by atoms with Crippen LogP contribution in [0.15, 0.2) is 35.5 Å². The number of guanidine groups is 1. The van der Waals surface area contributed by atoms with Crippen molar-refractivity contribution in [2.75, 3.05) is 12.4 Å². The van der Waals surface area contributed by atoms with Crippen molar-refractivity contribution in [1.82, 2.24) is 4.98 Å². The first-order chi connectivity index (χ1) is 9.19. The van der Waals surface area contributed by atoms with Crippen molar-refractivity contribution in [3.8, 4) is 5.75 Å². The Morgan fingerprint density at radius 1 is 1.45 bits per heavy atom. The van der Waals surface area contributed by atoms with Gasteiger partial charge in [-0.05, 0) is 19.1 Å². The van der Waals surface area contributed by atoms with Gasteiger partial charge >= 0.3 is 0 Å². The van der Waals surface area contributed by atoms with E-state index in [1.807, 2.05) is 37.4 Å². The Morgan fingerprint density at radius 3 is 2.85 bits per heavy atom. The second-order valence-electron chi connectivity index (χ2n) is 3.87. The van der Waals surface area contributed by atoms with E-state index in [0.717, 1.165) is 21.3 Å². The van der Waals surface area contributed by atoms with Gasteiger partial charge in [0.15, 0.2) is 5.96 Å². The minimum Gasteiger partial charge on any atom is -0.495 e. The molecule has 0 aliphatic rings. The minimum absolute atomic E-state index is 0. The van der Waals surface area contributed by atoms with E-state index in [0.29, 0.717) is 12.5 Å². The van der Waals surface area contributed by atoms with Gasteiger partial charge in [-0.25, -0.2) is 9.98 Å². The van der Waals surface area contributed by atoms with Gasteiger partial charge in [-0.2, -0.15) is 0 Å². The van der Waals surface area contributed by atoms with Crippen molar-refractivity contribution in [2.45, 2.75) is 13.5 Å². The molecule has 0 saturated carbocycles. The van der Waals surface area contributed by atoms with Crippen molar-refractivity contribution >= 4 is 47.0 Å². The molecule has 1 aromatic heterocycles. The monoisotopic (exact) mass is 404 g/mol. The number of rotatable bonds is 4. The number of halogens is 1. The summed E-state index contributed by atoms with van der Waals surface area (Å²) in [5.41, 5.74) is 6.65. The molecule has 0 fully saturated rings. The maximum absolute atomic E-state index is 5.85. The Balaban J connectivity index is 0.00000200. The fourth-order valence-corrected chi connectivity index (χ4v) is 2.29. The van der Waals surface area contributed by atoms with Crippen LogP contribution in [0.1, 0.15) is 9.88 Å². The topological polar surface area (TPSA) is 72.5 Å². The van der Waals surface area contributed by atoms with Crippen LogP contribution in [-0.2, 0) is 6.54 Å². The van der Waals surface area contributed by atoms with E-state index >= 15 is 0 Å². The van der Waals surface area contributed by atoms with Gasteiger partial charge in [0.05, 0.1) is 24.3 Å². The van der Waals surface area contributed by atoms with Gasteiger partial charge in [-0.1, -0.05) is 12.1 Å². The second kappa shape index (κ2) is 8.05. The predicted octanol–water partition coefficient (Wildman–Crippen LogP) is 3.00. The molecule has 0 bridgehead atoms. The highest BCUT2D eigenvalue weighted by Gasteiger charge is 2.02. The third-order valence-electron chi connectivity index (χ3n) is 2.44. The molecule has 7 heteroatoms. The number of aromatic nitrogens is 1. The minimum atomic E-state index is 0. The molecule has 0 unspecified atom stereocenters. The van der Waals surface area contributed by atoms with Gasteiger partial charge in [0.2, 0.25) is 0 Å². The van der Waals surface area contributed by atoms with Gasteiger partial charge in [0.1, 0.15) is 5.75 Å². The fraction of sp³-hybridized carbons (Fsp3) is 0.231. The first-order valence-electron chi connectivity index (χ1n) is 5.80. The zero-order chi connectivity index (χ0) is 13.7. The molecule has 0 aliphatic carbocycles. The van der Waals surface area contributed by atoms with Gasteiger partial charge in [0, 0.05) is 11.1 Å². The molecule has 0 amide bonds. The van der Waals surface area contributed by atoms with Gasteiger partial charge < -0.3 is 15.8 Å². The van der Waals surface area contributed by atoms with E-state index in [1.165, 1.54) is 0 Å². The Kier molecular flexibility index (Phi) is 6.73. The quantitative estimate of drug-likeness (QED) is 0.467. The maximum atomic E-state index is 5.85. The Morgan fingerprint density at radius 2 is 2.20 bits per heavy atom. The third-order valence-corrected chi connectivity index (χ3v) is 3.34. The molecule has 2 aromatic rings. The average Bonchev–Trinajstić information content (AvgIpc) is 2.83. The van der Waals surface area contributed by atoms with Crippen LogP contribution in [-0.4, -0.2) is 18.1 Å². The summed E-state index contributed by atoms with van der Waals surface area (Å²) < 4.78 is 5.23. The summed E-state index contributed by atoms with van der Waals surface area (Å²) in [5, 5.41) is 4.05. The zero-order valence-electron chi connectivity index (χ0n) is 11.3. The fourth-order valence-electron chi connectivity index (χ4n) is 1.57. The Hall–Kier alpha value is -1.35. The van der Waals surface area contributed by atoms with Crippen LogP contribution in [0.4, 0.5) is 5.69 Å². The largest absolute Gasteiger partial charge is 0.495 e. The normalized spacial score (nSPS) is 10.8. The zero-order valence-corrected chi connectivity index (χ0v) is 14.4.